The van der Waals surface area contributed by atoms with Gasteiger partial charge in [-0.3, -0.25) is 13.9 Å². The lowest BCUT2D eigenvalue weighted by Crippen LogP contribution is -2.31. The molecule has 3 heterocycles. The molecule has 9 nitrogen and oxygen atoms in total. The van der Waals surface area contributed by atoms with Crippen molar-refractivity contribution in [1.82, 2.24) is 24.5 Å². The summed E-state index contributed by atoms with van der Waals surface area (Å²) >= 11 is 0. The molecule has 30 heavy (non-hydrogen) atoms. The Morgan fingerprint density at radius 1 is 1.23 bits per heavy atom. The van der Waals surface area contributed by atoms with Gasteiger partial charge in [0.05, 0.1) is 23.7 Å². The predicted molar refractivity (Wildman–Crippen MR) is 113 cm³/mol. The summed E-state index contributed by atoms with van der Waals surface area (Å²) in [4.78, 5) is 16.8. The Balaban J connectivity index is 2.18. The first-order valence-corrected chi connectivity index (χ1v) is 11.0. The molecule has 10 heteroatoms. The molecule has 0 saturated heterocycles. The van der Waals surface area contributed by atoms with Crippen molar-refractivity contribution >= 4 is 21.4 Å². The van der Waals surface area contributed by atoms with Crippen LogP contribution in [-0.2, 0) is 16.9 Å². The minimum atomic E-state index is -3.68. The van der Waals surface area contributed by atoms with Gasteiger partial charge in [0.2, 0.25) is 0 Å². The monoisotopic (exact) mass is 433 g/mol. The normalized spacial score (nSPS) is 12.5. The molecule has 0 spiro atoms. The molecule has 0 bridgehead atoms. The van der Waals surface area contributed by atoms with Crippen LogP contribution in [0.3, 0.4) is 0 Å². The molecule has 1 amide bonds. The number of ether oxygens (including phenoxy) is 1. The number of nitrogens with zero attached hydrogens (tertiary/aromatic N) is 4. The Kier molecular flexibility index (Phi) is 5.40. The van der Waals surface area contributed by atoms with E-state index in [1.807, 2.05) is 13.8 Å². The van der Waals surface area contributed by atoms with Gasteiger partial charge < -0.3 is 10.1 Å². The number of imidazole rings is 1. The van der Waals surface area contributed by atoms with Crippen LogP contribution < -0.4 is 10.1 Å². The third-order valence-corrected chi connectivity index (χ3v) is 7.18. The lowest BCUT2D eigenvalue weighted by molar-refractivity contribution is 0.0933. The van der Waals surface area contributed by atoms with Crippen LogP contribution in [0, 0.1) is 0 Å². The van der Waals surface area contributed by atoms with Gasteiger partial charge in [0.1, 0.15) is 27.7 Å². The number of aryl methyl sites for hydroxylation is 1. The summed E-state index contributed by atoms with van der Waals surface area (Å²) in [6.45, 7) is 8.67. The van der Waals surface area contributed by atoms with Crippen molar-refractivity contribution in [2.24, 2.45) is 7.05 Å². The minimum Gasteiger partial charge on any atom is -0.495 e. The molecule has 0 fully saturated rings. The Morgan fingerprint density at radius 2 is 1.90 bits per heavy atom. The molecule has 0 aliphatic heterocycles. The van der Waals surface area contributed by atoms with Crippen LogP contribution in [0.15, 0.2) is 29.4 Å². The fraction of sp³-hybridized carbons (Fsp3) is 0.450. The molecule has 0 atom stereocenters. The van der Waals surface area contributed by atoms with Crippen LogP contribution in [0.1, 0.15) is 45.1 Å². The Labute approximate surface area is 176 Å². The third kappa shape index (κ3) is 3.67. The maximum Gasteiger partial charge on any atom is 0.269 e. The van der Waals surface area contributed by atoms with Crippen LogP contribution in [0.2, 0.25) is 0 Å². The summed E-state index contributed by atoms with van der Waals surface area (Å²) in [6, 6.07) is 3.23. The number of aromatic nitrogens is 4. The highest BCUT2D eigenvalue weighted by atomic mass is 32.2. The van der Waals surface area contributed by atoms with Gasteiger partial charge in [0, 0.05) is 25.4 Å². The topological polar surface area (TPSA) is 108 Å². The Morgan fingerprint density at radius 3 is 2.47 bits per heavy atom. The maximum absolute atomic E-state index is 13.1. The number of carbonyl (C=O) groups is 1. The molecule has 0 aliphatic rings. The lowest BCUT2D eigenvalue weighted by atomic mass is 10.2. The Bertz CT molecular complexity index is 1220. The average molecular weight is 434 g/mol. The minimum absolute atomic E-state index is 0.00993. The highest BCUT2D eigenvalue weighted by molar-refractivity contribution is 7.92. The van der Waals surface area contributed by atoms with E-state index in [2.05, 4.69) is 15.4 Å². The van der Waals surface area contributed by atoms with Gasteiger partial charge in [-0.1, -0.05) is 0 Å². The highest BCUT2D eigenvalue weighted by Crippen LogP contribution is 2.34. The molecule has 0 saturated carbocycles. The molecule has 0 radical (unpaired) electrons. The molecule has 0 aromatic carbocycles. The van der Waals surface area contributed by atoms with Gasteiger partial charge in [0.25, 0.3) is 5.91 Å². The van der Waals surface area contributed by atoms with Crippen LogP contribution in [0.25, 0.3) is 17.0 Å². The van der Waals surface area contributed by atoms with E-state index in [-0.39, 0.29) is 22.6 Å². The molecule has 3 aromatic heterocycles. The number of carbonyl (C=O) groups excluding carboxylic acids is 1. The van der Waals surface area contributed by atoms with E-state index in [0.717, 1.165) is 0 Å². The molecular weight excluding hydrogens is 406 g/mol. The Hall–Kier alpha value is -2.88. The predicted octanol–water partition coefficient (Wildman–Crippen LogP) is 2.45. The molecule has 0 aliphatic carbocycles. The van der Waals surface area contributed by atoms with Crippen molar-refractivity contribution in [2.45, 2.75) is 50.3 Å². The number of sulfone groups is 1. The summed E-state index contributed by atoms with van der Waals surface area (Å²) in [7, 11) is -0.573. The zero-order valence-corrected chi connectivity index (χ0v) is 19.0. The summed E-state index contributed by atoms with van der Waals surface area (Å²) in [5.74, 6) is -0.00895. The van der Waals surface area contributed by atoms with Crippen LogP contribution >= 0.6 is 0 Å². The number of amides is 1. The van der Waals surface area contributed by atoms with Crippen molar-refractivity contribution in [2.75, 3.05) is 7.11 Å². The van der Waals surface area contributed by atoms with Gasteiger partial charge in [-0.2, -0.15) is 5.10 Å². The molecular formula is C20H27N5O4S. The number of methoxy groups -OCH3 is 1. The van der Waals surface area contributed by atoms with Gasteiger partial charge in [-0.25, -0.2) is 13.4 Å². The molecule has 162 valence electrons. The van der Waals surface area contributed by atoms with Crippen LogP contribution in [0.4, 0.5) is 0 Å². The second-order valence-corrected chi connectivity index (χ2v) is 11.0. The number of fused-ring (bicyclic) bond motifs is 1. The molecule has 3 aromatic rings. The zero-order chi connectivity index (χ0) is 22.4. The van der Waals surface area contributed by atoms with E-state index >= 15 is 0 Å². The van der Waals surface area contributed by atoms with Gasteiger partial charge >= 0.3 is 0 Å². The van der Waals surface area contributed by atoms with Crippen LogP contribution in [-0.4, -0.2) is 51.4 Å². The van der Waals surface area contributed by atoms with E-state index < -0.39 is 14.6 Å². The fourth-order valence-corrected chi connectivity index (χ4v) is 4.32. The molecule has 0 unspecified atom stereocenters. The van der Waals surface area contributed by atoms with Gasteiger partial charge in [-0.15, -0.1) is 0 Å². The number of rotatable bonds is 5. The van der Waals surface area contributed by atoms with Gasteiger partial charge in [-0.05, 0) is 40.7 Å². The summed E-state index contributed by atoms with van der Waals surface area (Å²) in [5.41, 5.74) is 1.97. The lowest BCUT2D eigenvalue weighted by Gasteiger charge is -2.21. The van der Waals surface area contributed by atoms with E-state index in [1.54, 1.807) is 50.5 Å². The standard InChI is InChI=1S/C20H27N5O4S/c1-12(2)22-19(26)14-8-13(23-24(14)6)15-10-21-18-9-16(29-7)17(11-25(15)18)30(27,28)20(3,4)5/h8-12H,1-7H3,(H,22,26). The first kappa shape index (κ1) is 21.8. The first-order valence-electron chi connectivity index (χ1n) is 9.52. The van der Waals surface area contributed by atoms with Crippen molar-refractivity contribution in [3.63, 3.8) is 0 Å². The number of hydrogen-bond donors (Lipinski definition) is 1. The maximum atomic E-state index is 13.1. The zero-order valence-electron chi connectivity index (χ0n) is 18.2. The smallest absolute Gasteiger partial charge is 0.269 e. The van der Waals surface area contributed by atoms with Crippen molar-refractivity contribution < 1.29 is 17.9 Å². The van der Waals surface area contributed by atoms with E-state index in [0.29, 0.717) is 22.7 Å². The SMILES string of the molecule is COc1cc2ncc(-c3cc(C(=O)NC(C)C)n(C)n3)n2cc1S(=O)(=O)C(C)(C)C. The second-order valence-electron chi connectivity index (χ2n) is 8.36. The summed E-state index contributed by atoms with van der Waals surface area (Å²) < 4.78 is 33.7. The van der Waals surface area contributed by atoms with Crippen molar-refractivity contribution in [1.29, 1.82) is 0 Å². The average Bonchev–Trinajstić information content (AvgIpc) is 3.21. The first-order chi connectivity index (χ1) is 13.9. The third-order valence-electron chi connectivity index (χ3n) is 4.69. The van der Waals surface area contributed by atoms with E-state index in [4.69, 9.17) is 4.74 Å². The second kappa shape index (κ2) is 7.42. The van der Waals surface area contributed by atoms with Crippen molar-refractivity contribution in [3.8, 4) is 17.1 Å². The number of nitrogens with one attached hydrogen (secondary N) is 1. The number of hydrogen-bond acceptors (Lipinski definition) is 6. The molecule has 3 rings (SSSR count). The number of pyridine rings is 1. The van der Waals surface area contributed by atoms with Crippen LogP contribution in [0.5, 0.6) is 5.75 Å². The largest absolute Gasteiger partial charge is 0.495 e. The van der Waals surface area contributed by atoms with Gasteiger partial charge in [0.15, 0.2) is 9.84 Å². The van der Waals surface area contributed by atoms with E-state index in [1.165, 1.54) is 18.0 Å². The van der Waals surface area contributed by atoms with E-state index in [9.17, 15) is 13.2 Å². The van der Waals surface area contributed by atoms with Crippen molar-refractivity contribution in [3.05, 3.63) is 30.2 Å². The quantitative estimate of drug-likeness (QED) is 0.662. The highest BCUT2D eigenvalue weighted by Gasteiger charge is 2.34. The fourth-order valence-electron chi connectivity index (χ4n) is 3.01. The summed E-state index contributed by atoms with van der Waals surface area (Å²) in [6.07, 6.45) is 3.09. The summed E-state index contributed by atoms with van der Waals surface area (Å²) in [5, 5.41) is 7.27. The molecule has 1 N–H and O–H groups in total.